The standard InChI is InChI=1S/C14H20FN/c1-8(2)11-7-12(9(3)4)16-14(13(11)15)10-5-6-10/h7-10H,5-6H2,1-4H3. The first-order valence-electron chi connectivity index (χ1n) is 6.21. The highest BCUT2D eigenvalue weighted by molar-refractivity contribution is 5.31. The van der Waals surface area contributed by atoms with E-state index >= 15 is 0 Å². The third-order valence-corrected chi connectivity index (χ3v) is 3.21. The van der Waals surface area contributed by atoms with E-state index in [0.29, 0.717) is 11.8 Å². The third kappa shape index (κ3) is 2.11. The Labute approximate surface area is 97.1 Å². The second-order valence-corrected chi connectivity index (χ2v) is 5.42. The number of pyridine rings is 1. The van der Waals surface area contributed by atoms with Crippen LogP contribution < -0.4 is 0 Å². The molecule has 1 aromatic rings. The summed E-state index contributed by atoms with van der Waals surface area (Å²) in [6, 6.07) is 1.94. The molecule has 16 heavy (non-hydrogen) atoms. The van der Waals surface area contributed by atoms with Crippen molar-refractivity contribution in [1.29, 1.82) is 0 Å². The molecule has 0 aromatic carbocycles. The van der Waals surface area contributed by atoms with E-state index in [1.165, 1.54) is 0 Å². The van der Waals surface area contributed by atoms with Crippen molar-refractivity contribution >= 4 is 0 Å². The fourth-order valence-electron chi connectivity index (χ4n) is 1.93. The van der Waals surface area contributed by atoms with Crippen molar-refractivity contribution in [1.82, 2.24) is 4.98 Å². The average molecular weight is 221 g/mol. The van der Waals surface area contributed by atoms with Gasteiger partial charge in [0.05, 0.1) is 5.69 Å². The lowest BCUT2D eigenvalue weighted by Crippen LogP contribution is -2.06. The SMILES string of the molecule is CC(C)c1cc(C(C)C)c(F)c(C2CC2)n1. The summed E-state index contributed by atoms with van der Waals surface area (Å²) in [5, 5.41) is 0. The molecule has 0 aliphatic heterocycles. The molecule has 0 bridgehead atoms. The third-order valence-electron chi connectivity index (χ3n) is 3.21. The molecule has 0 unspecified atom stereocenters. The Bertz CT molecular complexity index is 369. The molecule has 1 nitrogen and oxygen atoms in total. The van der Waals surface area contributed by atoms with Gasteiger partial charge in [-0.15, -0.1) is 0 Å². The summed E-state index contributed by atoms with van der Waals surface area (Å²) in [5.41, 5.74) is 2.59. The average Bonchev–Trinajstić information content (AvgIpc) is 3.00. The molecule has 0 amide bonds. The molecule has 2 rings (SSSR count). The fourth-order valence-corrected chi connectivity index (χ4v) is 1.93. The lowest BCUT2D eigenvalue weighted by atomic mass is 9.97. The van der Waals surface area contributed by atoms with Gasteiger partial charge in [0.2, 0.25) is 0 Å². The van der Waals surface area contributed by atoms with Crippen molar-refractivity contribution in [3.63, 3.8) is 0 Å². The minimum atomic E-state index is -0.0538. The highest BCUT2D eigenvalue weighted by Gasteiger charge is 2.30. The molecule has 1 fully saturated rings. The van der Waals surface area contributed by atoms with Crippen LogP contribution in [0.25, 0.3) is 0 Å². The lowest BCUT2D eigenvalue weighted by molar-refractivity contribution is 0.567. The minimum Gasteiger partial charge on any atom is -0.254 e. The van der Waals surface area contributed by atoms with Crippen LogP contribution in [0.15, 0.2) is 6.07 Å². The van der Waals surface area contributed by atoms with Crippen LogP contribution in [0, 0.1) is 5.82 Å². The maximum Gasteiger partial charge on any atom is 0.148 e. The summed E-state index contributed by atoms with van der Waals surface area (Å²) in [5.74, 6) is 0.937. The number of hydrogen-bond acceptors (Lipinski definition) is 1. The summed E-state index contributed by atoms with van der Waals surface area (Å²) in [7, 11) is 0. The van der Waals surface area contributed by atoms with Crippen LogP contribution in [0.3, 0.4) is 0 Å². The van der Waals surface area contributed by atoms with E-state index in [1.807, 2.05) is 19.9 Å². The van der Waals surface area contributed by atoms with Crippen LogP contribution in [0.2, 0.25) is 0 Å². The van der Waals surface area contributed by atoms with Crippen LogP contribution >= 0.6 is 0 Å². The van der Waals surface area contributed by atoms with E-state index in [2.05, 4.69) is 18.8 Å². The fraction of sp³-hybridized carbons (Fsp3) is 0.643. The summed E-state index contributed by atoms with van der Waals surface area (Å²) in [4.78, 5) is 4.50. The van der Waals surface area contributed by atoms with Gasteiger partial charge in [-0.2, -0.15) is 0 Å². The predicted molar refractivity (Wildman–Crippen MR) is 64.3 cm³/mol. The Hall–Kier alpha value is -0.920. The molecule has 0 atom stereocenters. The smallest absolute Gasteiger partial charge is 0.148 e. The molecule has 0 spiro atoms. The number of hydrogen-bond donors (Lipinski definition) is 0. The Morgan fingerprint density at radius 2 is 1.81 bits per heavy atom. The van der Waals surface area contributed by atoms with Crippen LogP contribution in [0.5, 0.6) is 0 Å². The summed E-state index contributed by atoms with van der Waals surface area (Å²) >= 11 is 0. The largest absolute Gasteiger partial charge is 0.254 e. The normalized spacial score (nSPS) is 16.2. The van der Waals surface area contributed by atoms with Gasteiger partial charge >= 0.3 is 0 Å². The first-order chi connectivity index (χ1) is 7.50. The quantitative estimate of drug-likeness (QED) is 0.739. The minimum absolute atomic E-state index is 0.0538. The van der Waals surface area contributed by atoms with Crippen molar-refractivity contribution in [2.45, 2.75) is 58.3 Å². The van der Waals surface area contributed by atoms with E-state index in [0.717, 1.165) is 29.8 Å². The van der Waals surface area contributed by atoms with Gasteiger partial charge in [-0.05, 0) is 36.3 Å². The van der Waals surface area contributed by atoms with E-state index in [4.69, 9.17) is 0 Å². The lowest BCUT2D eigenvalue weighted by Gasteiger charge is -2.14. The molecule has 1 aromatic heterocycles. The van der Waals surface area contributed by atoms with Gasteiger partial charge in [0.25, 0.3) is 0 Å². The van der Waals surface area contributed by atoms with Gasteiger partial charge in [-0.3, -0.25) is 4.98 Å². The molecule has 1 aliphatic carbocycles. The highest BCUT2D eigenvalue weighted by atomic mass is 19.1. The second-order valence-electron chi connectivity index (χ2n) is 5.42. The summed E-state index contributed by atoms with van der Waals surface area (Å²) in [6.07, 6.45) is 2.20. The molecule has 1 saturated carbocycles. The number of aromatic nitrogens is 1. The van der Waals surface area contributed by atoms with Crippen molar-refractivity contribution < 1.29 is 4.39 Å². The number of halogens is 1. The number of nitrogens with zero attached hydrogens (tertiary/aromatic N) is 1. The first-order valence-corrected chi connectivity index (χ1v) is 6.21. The van der Waals surface area contributed by atoms with E-state index in [9.17, 15) is 4.39 Å². The molecule has 88 valence electrons. The predicted octanol–water partition coefficient (Wildman–Crippen LogP) is 4.34. The zero-order valence-electron chi connectivity index (χ0n) is 10.5. The molecule has 1 heterocycles. The first kappa shape index (κ1) is 11.6. The van der Waals surface area contributed by atoms with Crippen LogP contribution in [0.4, 0.5) is 4.39 Å². The molecular formula is C14H20FN. The molecule has 0 N–H and O–H groups in total. The molecule has 1 aliphatic rings. The molecule has 0 radical (unpaired) electrons. The Morgan fingerprint density at radius 1 is 1.19 bits per heavy atom. The van der Waals surface area contributed by atoms with E-state index in [-0.39, 0.29) is 11.7 Å². The summed E-state index contributed by atoms with van der Waals surface area (Å²) in [6.45, 7) is 8.31. The van der Waals surface area contributed by atoms with Gasteiger partial charge in [0, 0.05) is 11.6 Å². The Morgan fingerprint density at radius 3 is 2.25 bits per heavy atom. The zero-order chi connectivity index (χ0) is 11.9. The van der Waals surface area contributed by atoms with E-state index in [1.54, 1.807) is 0 Å². The van der Waals surface area contributed by atoms with Gasteiger partial charge in [-0.1, -0.05) is 27.7 Å². The number of rotatable bonds is 3. The monoisotopic (exact) mass is 221 g/mol. The maximum absolute atomic E-state index is 14.2. The van der Waals surface area contributed by atoms with Crippen molar-refractivity contribution in [3.05, 3.63) is 28.8 Å². The molecule has 2 heteroatoms. The summed E-state index contributed by atoms with van der Waals surface area (Å²) < 4.78 is 14.2. The topological polar surface area (TPSA) is 12.9 Å². The molecular weight excluding hydrogens is 201 g/mol. The van der Waals surface area contributed by atoms with Gasteiger partial charge < -0.3 is 0 Å². The zero-order valence-corrected chi connectivity index (χ0v) is 10.5. The highest BCUT2D eigenvalue weighted by Crippen LogP contribution is 2.42. The van der Waals surface area contributed by atoms with E-state index < -0.39 is 0 Å². The van der Waals surface area contributed by atoms with Crippen molar-refractivity contribution in [2.75, 3.05) is 0 Å². The van der Waals surface area contributed by atoms with Crippen molar-refractivity contribution in [2.24, 2.45) is 0 Å². The Balaban J connectivity index is 2.51. The second kappa shape index (κ2) is 4.15. The van der Waals surface area contributed by atoms with Gasteiger partial charge in [0.15, 0.2) is 0 Å². The molecule has 0 saturated heterocycles. The van der Waals surface area contributed by atoms with Gasteiger partial charge in [-0.25, -0.2) is 4.39 Å². The Kier molecular flexibility index (Phi) is 3.00. The van der Waals surface area contributed by atoms with Crippen LogP contribution in [0.1, 0.15) is 75.2 Å². The van der Waals surface area contributed by atoms with Crippen molar-refractivity contribution in [3.8, 4) is 0 Å². The maximum atomic E-state index is 14.2. The van der Waals surface area contributed by atoms with Crippen LogP contribution in [-0.2, 0) is 0 Å². The van der Waals surface area contributed by atoms with Gasteiger partial charge in [0.1, 0.15) is 5.82 Å². The van der Waals surface area contributed by atoms with Crippen LogP contribution in [-0.4, -0.2) is 4.98 Å².